The zero-order chi connectivity index (χ0) is 29.6. The smallest absolute Gasteiger partial charge is 0.315 e. The Morgan fingerprint density at radius 3 is 2.22 bits per heavy atom. The van der Waals surface area contributed by atoms with Gasteiger partial charge in [0.25, 0.3) is 0 Å². The van der Waals surface area contributed by atoms with Crippen LogP contribution in [0.15, 0.2) is 78.9 Å². The van der Waals surface area contributed by atoms with Crippen molar-refractivity contribution in [3.8, 4) is 16.8 Å². The summed E-state index contributed by atoms with van der Waals surface area (Å²) in [5.41, 5.74) is 2.74. The van der Waals surface area contributed by atoms with Crippen LogP contribution in [0.3, 0.4) is 0 Å². The van der Waals surface area contributed by atoms with Crippen molar-refractivity contribution in [1.29, 1.82) is 0 Å². The summed E-state index contributed by atoms with van der Waals surface area (Å²) in [6.07, 6.45) is -3.35. The lowest BCUT2D eigenvalue weighted by molar-refractivity contribution is -0.137. The van der Waals surface area contributed by atoms with Crippen molar-refractivity contribution in [3.63, 3.8) is 0 Å². The van der Waals surface area contributed by atoms with Gasteiger partial charge in [-0.05, 0) is 50.1 Å². The largest absolute Gasteiger partial charge is 0.418 e. The highest BCUT2D eigenvalue weighted by Gasteiger charge is 2.34. The van der Waals surface area contributed by atoms with Crippen LogP contribution in [-0.2, 0) is 11.0 Å². The second kappa shape index (κ2) is 12.7. The maximum atomic E-state index is 13.5. The second-order valence-corrected chi connectivity index (χ2v) is 9.72. The molecule has 4 rings (SSSR count). The van der Waals surface area contributed by atoms with Gasteiger partial charge in [-0.1, -0.05) is 73.5 Å². The number of nitrogens with one attached hydrogen (secondary N) is 2. The Labute approximate surface area is 237 Å². The average molecular weight is 564 g/mol. The van der Waals surface area contributed by atoms with E-state index < -0.39 is 23.7 Å². The van der Waals surface area contributed by atoms with Gasteiger partial charge < -0.3 is 15.5 Å². The first-order valence-corrected chi connectivity index (χ1v) is 13.3. The number of aryl methyl sites for hydroxylation is 2. The van der Waals surface area contributed by atoms with Gasteiger partial charge in [0, 0.05) is 12.1 Å². The number of carbonyl (C=O) groups excluding carboxylic acids is 2. The summed E-state index contributed by atoms with van der Waals surface area (Å²) in [5, 5.41) is 9.98. The minimum atomic E-state index is -4.64. The quantitative estimate of drug-likeness (QED) is 0.222. The van der Waals surface area contributed by atoms with Gasteiger partial charge in [0.05, 0.1) is 22.6 Å². The number of urea groups is 1. The molecule has 0 unspecified atom stereocenters. The van der Waals surface area contributed by atoms with Crippen molar-refractivity contribution in [2.24, 2.45) is 0 Å². The number of carbonyl (C=O) groups is 2. The molecule has 7 nitrogen and oxygen atoms in total. The summed E-state index contributed by atoms with van der Waals surface area (Å²) in [7, 11) is 0. The Kier molecular flexibility index (Phi) is 9.11. The number of aromatic nitrogens is 2. The Bertz CT molecular complexity index is 1500. The average Bonchev–Trinajstić information content (AvgIpc) is 3.26. The van der Waals surface area contributed by atoms with E-state index in [1.807, 2.05) is 75.4 Å². The molecule has 0 radical (unpaired) electrons. The summed E-state index contributed by atoms with van der Waals surface area (Å²) < 4.78 is 42.1. The fourth-order valence-corrected chi connectivity index (χ4v) is 4.45. The zero-order valence-corrected chi connectivity index (χ0v) is 23.1. The van der Waals surface area contributed by atoms with Crippen LogP contribution in [0.1, 0.15) is 36.6 Å². The number of benzene rings is 3. The van der Waals surface area contributed by atoms with E-state index in [2.05, 4.69) is 10.6 Å². The molecule has 0 aliphatic rings. The third-order valence-corrected chi connectivity index (χ3v) is 6.54. The topological polar surface area (TPSA) is 79.3 Å². The molecule has 0 saturated heterocycles. The summed E-state index contributed by atoms with van der Waals surface area (Å²) in [6.45, 7) is 5.56. The first-order chi connectivity index (χ1) is 19.6. The molecule has 3 amide bonds. The molecule has 3 aromatic carbocycles. The van der Waals surface area contributed by atoms with Crippen LogP contribution in [0.4, 0.5) is 29.5 Å². The molecule has 0 spiro atoms. The summed E-state index contributed by atoms with van der Waals surface area (Å²) >= 11 is 0. The lowest BCUT2D eigenvalue weighted by Gasteiger charge is -2.24. The zero-order valence-electron chi connectivity index (χ0n) is 23.1. The van der Waals surface area contributed by atoms with Gasteiger partial charge in [-0.2, -0.15) is 18.3 Å². The number of alkyl halides is 3. The highest BCUT2D eigenvalue weighted by atomic mass is 19.4. The minimum Gasteiger partial charge on any atom is -0.315 e. The Morgan fingerprint density at radius 2 is 1.56 bits per heavy atom. The standard InChI is InChI=1S/C31H32F3N5O2/c1-4-5-19-38(30(41)35-26-14-10-9-13-25(26)31(32,33)34)20-27(40)36-29-28(23-11-7-6-8-12-23)22(3)37-39(29)24-17-15-21(2)16-18-24/h6-18H,4-5,19-20H2,1-3H3,(H,35,41)(H,36,40). The molecule has 0 aliphatic heterocycles. The van der Waals surface area contributed by atoms with Crippen molar-refractivity contribution >= 4 is 23.4 Å². The van der Waals surface area contributed by atoms with Crippen molar-refractivity contribution in [2.45, 2.75) is 39.8 Å². The number of hydrogen-bond donors (Lipinski definition) is 2. The molecular weight excluding hydrogens is 531 g/mol. The molecule has 10 heteroatoms. The van der Waals surface area contributed by atoms with Crippen molar-refractivity contribution in [2.75, 3.05) is 23.7 Å². The van der Waals surface area contributed by atoms with Gasteiger partial charge in [-0.3, -0.25) is 4.79 Å². The molecule has 2 N–H and O–H groups in total. The second-order valence-electron chi connectivity index (χ2n) is 9.72. The number of unbranched alkanes of at least 4 members (excludes halogenated alkanes) is 1. The van der Waals surface area contributed by atoms with Gasteiger partial charge in [0.2, 0.25) is 5.91 Å². The Balaban J connectivity index is 1.63. The summed E-state index contributed by atoms with van der Waals surface area (Å²) in [4.78, 5) is 27.8. The highest BCUT2D eigenvalue weighted by Crippen LogP contribution is 2.35. The predicted molar refractivity (Wildman–Crippen MR) is 154 cm³/mol. The molecule has 4 aromatic rings. The number of nitrogens with zero attached hydrogens (tertiary/aromatic N) is 3. The molecule has 0 aliphatic carbocycles. The van der Waals surface area contributed by atoms with Gasteiger partial charge in [-0.25, -0.2) is 9.48 Å². The van der Waals surface area contributed by atoms with E-state index in [4.69, 9.17) is 5.10 Å². The van der Waals surface area contributed by atoms with Crippen LogP contribution < -0.4 is 10.6 Å². The van der Waals surface area contributed by atoms with Crippen LogP contribution in [-0.4, -0.2) is 39.7 Å². The van der Waals surface area contributed by atoms with Crippen molar-refractivity contribution in [3.05, 3.63) is 95.7 Å². The molecule has 41 heavy (non-hydrogen) atoms. The molecule has 0 bridgehead atoms. The lowest BCUT2D eigenvalue weighted by Crippen LogP contribution is -2.41. The van der Waals surface area contributed by atoms with Gasteiger partial charge in [-0.15, -0.1) is 0 Å². The number of amides is 3. The fraction of sp³-hybridized carbons (Fsp3) is 0.258. The van der Waals surface area contributed by atoms with Gasteiger partial charge in [0.15, 0.2) is 0 Å². The number of hydrogen-bond acceptors (Lipinski definition) is 3. The third-order valence-electron chi connectivity index (χ3n) is 6.54. The first kappa shape index (κ1) is 29.4. The normalized spacial score (nSPS) is 11.3. The molecular formula is C31H32F3N5O2. The van der Waals surface area contributed by atoms with Gasteiger partial charge >= 0.3 is 12.2 Å². The van der Waals surface area contributed by atoms with E-state index in [1.165, 1.54) is 23.1 Å². The van der Waals surface area contributed by atoms with E-state index in [9.17, 15) is 22.8 Å². The highest BCUT2D eigenvalue weighted by molar-refractivity contribution is 5.99. The minimum absolute atomic E-state index is 0.186. The van der Waals surface area contributed by atoms with Crippen LogP contribution >= 0.6 is 0 Å². The molecule has 214 valence electrons. The lowest BCUT2D eigenvalue weighted by atomic mass is 10.1. The Morgan fingerprint density at radius 1 is 0.902 bits per heavy atom. The fourth-order valence-electron chi connectivity index (χ4n) is 4.45. The van der Waals surface area contributed by atoms with Crippen LogP contribution in [0.5, 0.6) is 0 Å². The molecule has 1 aromatic heterocycles. The van der Waals surface area contributed by atoms with Crippen molar-refractivity contribution in [1.82, 2.24) is 14.7 Å². The van der Waals surface area contributed by atoms with E-state index in [-0.39, 0.29) is 18.8 Å². The first-order valence-electron chi connectivity index (χ1n) is 13.3. The van der Waals surface area contributed by atoms with Crippen LogP contribution in [0.25, 0.3) is 16.8 Å². The SMILES string of the molecule is CCCCN(CC(=O)Nc1c(-c2ccccc2)c(C)nn1-c1ccc(C)cc1)C(=O)Nc1ccccc1C(F)(F)F. The maximum absolute atomic E-state index is 13.5. The van der Waals surface area contributed by atoms with E-state index in [0.29, 0.717) is 17.9 Å². The molecule has 0 fully saturated rings. The molecule has 0 atom stereocenters. The van der Waals surface area contributed by atoms with Crippen molar-refractivity contribution < 1.29 is 22.8 Å². The van der Waals surface area contributed by atoms with E-state index in [1.54, 1.807) is 4.68 Å². The molecule has 0 saturated carbocycles. The number of halogens is 3. The Hall–Kier alpha value is -4.60. The number of rotatable bonds is 9. The van der Waals surface area contributed by atoms with Gasteiger partial charge in [0.1, 0.15) is 12.4 Å². The van der Waals surface area contributed by atoms with E-state index >= 15 is 0 Å². The third kappa shape index (κ3) is 7.13. The van der Waals surface area contributed by atoms with Crippen LogP contribution in [0, 0.1) is 13.8 Å². The maximum Gasteiger partial charge on any atom is 0.418 e. The number of anilines is 2. The predicted octanol–water partition coefficient (Wildman–Crippen LogP) is 7.45. The molecule has 1 heterocycles. The summed E-state index contributed by atoms with van der Waals surface area (Å²) in [5.74, 6) is -0.0772. The number of para-hydroxylation sites is 1. The summed E-state index contributed by atoms with van der Waals surface area (Å²) in [6, 6.07) is 21.1. The van der Waals surface area contributed by atoms with E-state index in [0.717, 1.165) is 34.9 Å². The van der Waals surface area contributed by atoms with Crippen LogP contribution in [0.2, 0.25) is 0 Å². The monoisotopic (exact) mass is 563 g/mol.